The number of benzene rings is 2. The standard InChI is InChI=1S/C19H14F2N4O2S/c20-15-4-5-16(25-6-1-7-28(25,26)27)18(21)17(15)11-2-3-13-12(8-11)9-22-19-14(13)10-23-24-19/h2-5,8-10H,1,6-7H2,(H,22,23,24). The molecule has 142 valence electrons. The fourth-order valence-electron chi connectivity index (χ4n) is 3.69. The summed E-state index contributed by atoms with van der Waals surface area (Å²) in [6.45, 7) is 0.185. The molecule has 0 unspecified atom stereocenters. The number of H-pyrrole nitrogens is 1. The lowest BCUT2D eigenvalue weighted by atomic mass is 9.99. The van der Waals surface area contributed by atoms with Crippen LogP contribution in [0, 0.1) is 11.6 Å². The van der Waals surface area contributed by atoms with Crippen molar-refractivity contribution >= 4 is 37.5 Å². The summed E-state index contributed by atoms with van der Waals surface area (Å²) < 4.78 is 55.2. The van der Waals surface area contributed by atoms with Gasteiger partial charge >= 0.3 is 0 Å². The Labute approximate surface area is 158 Å². The maximum Gasteiger partial charge on any atom is 0.235 e. The number of anilines is 1. The number of sulfonamides is 1. The van der Waals surface area contributed by atoms with E-state index in [0.717, 1.165) is 21.1 Å². The molecule has 2 aromatic carbocycles. The van der Waals surface area contributed by atoms with Gasteiger partial charge < -0.3 is 0 Å². The van der Waals surface area contributed by atoms with Crippen molar-refractivity contribution in [3.8, 4) is 11.1 Å². The van der Waals surface area contributed by atoms with Crippen molar-refractivity contribution in [3.05, 3.63) is 54.4 Å². The van der Waals surface area contributed by atoms with E-state index < -0.39 is 21.7 Å². The Kier molecular flexibility index (Phi) is 3.63. The molecule has 5 rings (SSSR count). The summed E-state index contributed by atoms with van der Waals surface area (Å²) in [6, 6.07) is 7.28. The second kappa shape index (κ2) is 5.96. The van der Waals surface area contributed by atoms with Gasteiger partial charge in [0.15, 0.2) is 11.5 Å². The Bertz CT molecular complexity index is 1350. The molecular formula is C19H14F2N4O2S. The van der Waals surface area contributed by atoms with Gasteiger partial charge in [0.25, 0.3) is 0 Å². The average molecular weight is 400 g/mol. The van der Waals surface area contributed by atoms with Crippen LogP contribution in [-0.2, 0) is 10.0 Å². The van der Waals surface area contributed by atoms with Crippen LogP contribution in [0.15, 0.2) is 42.7 Å². The van der Waals surface area contributed by atoms with Crippen molar-refractivity contribution in [2.75, 3.05) is 16.6 Å². The van der Waals surface area contributed by atoms with Crippen LogP contribution in [0.1, 0.15) is 6.42 Å². The molecule has 6 nitrogen and oxygen atoms in total. The third kappa shape index (κ3) is 2.46. The zero-order chi connectivity index (χ0) is 19.5. The molecule has 0 atom stereocenters. The molecule has 0 saturated carbocycles. The van der Waals surface area contributed by atoms with Crippen molar-refractivity contribution in [2.45, 2.75) is 6.42 Å². The largest absolute Gasteiger partial charge is 0.267 e. The number of nitrogens with zero attached hydrogens (tertiary/aromatic N) is 3. The number of aromatic amines is 1. The highest BCUT2D eigenvalue weighted by Crippen LogP contribution is 2.36. The highest BCUT2D eigenvalue weighted by molar-refractivity contribution is 7.93. The van der Waals surface area contributed by atoms with Gasteiger partial charge in [-0.15, -0.1) is 0 Å². The minimum absolute atomic E-state index is 0.0402. The molecule has 0 bridgehead atoms. The number of fused-ring (bicyclic) bond motifs is 3. The molecule has 1 aliphatic heterocycles. The monoisotopic (exact) mass is 400 g/mol. The summed E-state index contributed by atoms with van der Waals surface area (Å²) in [5, 5.41) is 9.09. The molecule has 0 radical (unpaired) electrons. The Balaban J connectivity index is 1.70. The molecule has 1 fully saturated rings. The number of hydrogen-bond acceptors (Lipinski definition) is 4. The van der Waals surface area contributed by atoms with Crippen molar-refractivity contribution in [1.29, 1.82) is 0 Å². The molecule has 1 saturated heterocycles. The molecule has 3 heterocycles. The summed E-state index contributed by atoms with van der Waals surface area (Å²) in [5.41, 5.74) is 0.552. The lowest BCUT2D eigenvalue weighted by Crippen LogP contribution is -2.26. The summed E-state index contributed by atoms with van der Waals surface area (Å²) in [6.07, 6.45) is 3.66. The number of halogens is 2. The van der Waals surface area contributed by atoms with Gasteiger partial charge in [-0.2, -0.15) is 5.10 Å². The molecule has 4 aromatic rings. The van der Waals surface area contributed by atoms with Crippen LogP contribution in [0.4, 0.5) is 14.5 Å². The minimum Gasteiger partial charge on any atom is -0.267 e. The van der Waals surface area contributed by atoms with Crippen LogP contribution in [0.3, 0.4) is 0 Å². The summed E-state index contributed by atoms with van der Waals surface area (Å²) >= 11 is 0. The number of hydrogen-bond donors (Lipinski definition) is 1. The van der Waals surface area contributed by atoms with E-state index in [4.69, 9.17) is 0 Å². The van der Waals surface area contributed by atoms with Gasteiger partial charge in [-0.3, -0.25) is 9.40 Å². The third-order valence-electron chi connectivity index (χ3n) is 5.02. The first-order valence-electron chi connectivity index (χ1n) is 8.66. The van der Waals surface area contributed by atoms with E-state index in [-0.39, 0.29) is 23.5 Å². The quantitative estimate of drug-likeness (QED) is 0.558. The molecule has 0 amide bonds. The first-order valence-corrected chi connectivity index (χ1v) is 10.3. The Morgan fingerprint density at radius 1 is 1.07 bits per heavy atom. The first kappa shape index (κ1) is 17.1. The molecule has 9 heteroatoms. The number of nitrogens with one attached hydrogen (secondary N) is 1. The average Bonchev–Trinajstić information content (AvgIpc) is 3.28. The van der Waals surface area contributed by atoms with E-state index >= 15 is 4.39 Å². The Morgan fingerprint density at radius 2 is 1.93 bits per heavy atom. The smallest absolute Gasteiger partial charge is 0.235 e. The highest BCUT2D eigenvalue weighted by Gasteiger charge is 2.32. The van der Waals surface area contributed by atoms with E-state index in [0.29, 0.717) is 23.0 Å². The van der Waals surface area contributed by atoms with Crippen LogP contribution in [0.2, 0.25) is 0 Å². The predicted octanol–water partition coefficient (Wildman–Crippen LogP) is 3.60. The fraction of sp³-hybridized carbons (Fsp3) is 0.158. The van der Waals surface area contributed by atoms with Gasteiger partial charge in [-0.1, -0.05) is 12.1 Å². The lowest BCUT2D eigenvalue weighted by Gasteiger charge is -2.19. The fourth-order valence-corrected chi connectivity index (χ4v) is 5.25. The summed E-state index contributed by atoms with van der Waals surface area (Å²) in [7, 11) is -3.58. The van der Waals surface area contributed by atoms with Crippen LogP contribution in [-0.4, -0.2) is 35.9 Å². The van der Waals surface area contributed by atoms with Crippen LogP contribution in [0.25, 0.3) is 32.9 Å². The SMILES string of the molecule is O=S1(=O)CCCN1c1ccc(F)c(-c2ccc3c(cnc4[nH]ncc43)c2)c1F. The lowest BCUT2D eigenvalue weighted by molar-refractivity contribution is 0.583. The van der Waals surface area contributed by atoms with Crippen molar-refractivity contribution in [3.63, 3.8) is 0 Å². The predicted molar refractivity (Wildman–Crippen MR) is 102 cm³/mol. The molecule has 1 N–H and O–H groups in total. The second-order valence-corrected chi connectivity index (χ2v) is 8.70. The number of pyridine rings is 1. The molecule has 28 heavy (non-hydrogen) atoms. The van der Waals surface area contributed by atoms with Gasteiger partial charge in [-0.05, 0) is 35.6 Å². The van der Waals surface area contributed by atoms with Gasteiger partial charge in [0.2, 0.25) is 10.0 Å². The zero-order valence-electron chi connectivity index (χ0n) is 14.5. The van der Waals surface area contributed by atoms with Gasteiger partial charge in [0.05, 0.1) is 23.2 Å². The van der Waals surface area contributed by atoms with E-state index in [1.807, 2.05) is 0 Å². The zero-order valence-corrected chi connectivity index (χ0v) is 15.3. The topological polar surface area (TPSA) is 79.0 Å². The highest BCUT2D eigenvalue weighted by atomic mass is 32.2. The second-order valence-electron chi connectivity index (χ2n) is 6.69. The van der Waals surface area contributed by atoms with E-state index in [1.54, 1.807) is 30.6 Å². The molecule has 0 aliphatic carbocycles. The van der Waals surface area contributed by atoms with Crippen LogP contribution in [0.5, 0.6) is 0 Å². The molecule has 1 aliphatic rings. The van der Waals surface area contributed by atoms with Crippen molar-refractivity contribution < 1.29 is 17.2 Å². The normalized spacial score (nSPS) is 16.3. The minimum atomic E-state index is -3.58. The van der Waals surface area contributed by atoms with E-state index in [2.05, 4.69) is 15.2 Å². The van der Waals surface area contributed by atoms with Crippen molar-refractivity contribution in [1.82, 2.24) is 15.2 Å². The Morgan fingerprint density at radius 3 is 2.71 bits per heavy atom. The van der Waals surface area contributed by atoms with E-state index in [1.165, 1.54) is 6.07 Å². The summed E-state index contributed by atoms with van der Waals surface area (Å²) in [5.74, 6) is -1.68. The molecular weight excluding hydrogens is 386 g/mol. The maximum atomic E-state index is 15.2. The van der Waals surface area contributed by atoms with Crippen LogP contribution >= 0.6 is 0 Å². The number of rotatable bonds is 2. The first-order chi connectivity index (χ1) is 13.5. The van der Waals surface area contributed by atoms with Gasteiger partial charge in [0.1, 0.15) is 5.82 Å². The Hall–Kier alpha value is -3.07. The maximum absolute atomic E-state index is 15.2. The molecule has 2 aromatic heterocycles. The summed E-state index contributed by atoms with van der Waals surface area (Å²) in [4.78, 5) is 4.26. The van der Waals surface area contributed by atoms with Gasteiger partial charge in [0, 0.05) is 23.5 Å². The van der Waals surface area contributed by atoms with Crippen molar-refractivity contribution in [2.24, 2.45) is 0 Å². The van der Waals surface area contributed by atoms with Gasteiger partial charge in [-0.25, -0.2) is 22.2 Å². The third-order valence-corrected chi connectivity index (χ3v) is 6.88. The van der Waals surface area contributed by atoms with Crippen LogP contribution < -0.4 is 4.31 Å². The van der Waals surface area contributed by atoms with E-state index in [9.17, 15) is 12.8 Å². The molecule has 0 spiro atoms. The number of aromatic nitrogens is 3.